The number of rotatable bonds is 8. The zero-order chi connectivity index (χ0) is 25.7. The van der Waals surface area contributed by atoms with Crippen molar-refractivity contribution in [2.45, 2.75) is 6.61 Å². The molecule has 10 heteroatoms. The Morgan fingerprint density at radius 2 is 1.69 bits per heavy atom. The minimum Gasteiger partial charge on any atom is -0.489 e. The highest BCUT2D eigenvalue weighted by molar-refractivity contribution is 6.15. The van der Waals surface area contributed by atoms with Crippen LogP contribution in [0.3, 0.4) is 0 Å². The Kier molecular flexibility index (Phi) is 7.05. The predicted octanol–water partition coefficient (Wildman–Crippen LogP) is 3.63. The number of carbonyl (C=O) groups excluding carboxylic acids is 3. The topological polar surface area (TPSA) is 125 Å². The molecule has 9 nitrogen and oxygen atoms in total. The van der Waals surface area contributed by atoms with Crippen LogP contribution in [0.2, 0.25) is 0 Å². The van der Waals surface area contributed by atoms with Gasteiger partial charge < -0.3 is 20.5 Å². The van der Waals surface area contributed by atoms with Crippen molar-refractivity contribution in [2.75, 3.05) is 11.9 Å². The van der Waals surface area contributed by atoms with Gasteiger partial charge in [-0.3, -0.25) is 9.59 Å². The molecule has 1 aliphatic heterocycles. The highest BCUT2D eigenvalue weighted by atomic mass is 19.1. The Morgan fingerprint density at radius 1 is 1.00 bits per heavy atom. The molecule has 3 N–H and O–H groups in total. The second kappa shape index (κ2) is 10.5. The van der Waals surface area contributed by atoms with E-state index in [1.165, 1.54) is 36.4 Å². The summed E-state index contributed by atoms with van der Waals surface area (Å²) in [5.41, 5.74) is 1.53. The fourth-order valence-electron chi connectivity index (χ4n) is 3.35. The highest BCUT2D eigenvalue weighted by Crippen LogP contribution is 2.19. The SMILES string of the molecule is O=C(CN1C(=O)N/C(=C/c2ccc(OCc3ccc(C(=O)O)cc3)cc2)C1=O)Nc1ccccc1F. The predicted molar refractivity (Wildman–Crippen MR) is 127 cm³/mol. The Labute approximate surface area is 204 Å². The summed E-state index contributed by atoms with van der Waals surface area (Å²) in [5.74, 6) is -2.49. The van der Waals surface area contributed by atoms with E-state index in [9.17, 15) is 23.6 Å². The summed E-state index contributed by atoms with van der Waals surface area (Å²) >= 11 is 0. The Morgan fingerprint density at radius 3 is 2.36 bits per heavy atom. The van der Waals surface area contributed by atoms with Gasteiger partial charge in [-0.25, -0.2) is 18.9 Å². The number of carboxylic acids is 1. The first-order chi connectivity index (χ1) is 17.3. The molecule has 182 valence electrons. The minimum absolute atomic E-state index is 0.00844. The second-order valence-electron chi connectivity index (χ2n) is 7.77. The van der Waals surface area contributed by atoms with E-state index in [4.69, 9.17) is 9.84 Å². The minimum atomic E-state index is -1.00. The van der Waals surface area contributed by atoms with Gasteiger partial charge >= 0.3 is 12.0 Å². The number of nitrogens with zero attached hydrogens (tertiary/aromatic N) is 1. The average Bonchev–Trinajstić information content (AvgIpc) is 3.12. The van der Waals surface area contributed by atoms with Crippen molar-refractivity contribution in [1.82, 2.24) is 10.2 Å². The number of para-hydroxylation sites is 1. The van der Waals surface area contributed by atoms with Gasteiger partial charge in [-0.1, -0.05) is 36.4 Å². The van der Waals surface area contributed by atoms with Crippen LogP contribution in [0.4, 0.5) is 14.9 Å². The van der Waals surface area contributed by atoms with Crippen molar-refractivity contribution >= 4 is 35.6 Å². The van der Waals surface area contributed by atoms with Crippen LogP contribution in [0.5, 0.6) is 5.75 Å². The zero-order valence-electron chi connectivity index (χ0n) is 18.7. The molecule has 0 spiro atoms. The number of hydrogen-bond acceptors (Lipinski definition) is 5. The van der Waals surface area contributed by atoms with Crippen molar-refractivity contribution < 1.29 is 33.4 Å². The summed E-state index contributed by atoms with van der Waals surface area (Å²) in [4.78, 5) is 48.7. The third kappa shape index (κ3) is 5.73. The van der Waals surface area contributed by atoms with Gasteiger partial charge in [0, 0.05) is 0 Å². The molecule has 0 saturated carbocycles. The van der Waals surface area contributed by atoms with E-state index < -0.39 is 36.2 Å². The lowest BCUT2D eigenvalue weighted by atomic mass is 10.1. The van der Waals surface area contributed by atoms with Gasteiger partial charge in [0.2, 0.25) is 5.91 Å². The molecule has 3 aromatic rings. The van der Waals surface area contributed by atoms with Crippen LogP contribution in [0.15, 0.2) is 78.5 Å². The zero-order valence-corrected chi connectivity index (χ0v) is 18.7. The molecular formula is C26H20FN3O6. The van der Waals surface area contributed by atoms with Crippen molar-refractivity contribution in [2.24, 2.45) is 0 Å². The molecule has 0 radical (unpaired) electrons. The maximum absolute atomic E-state index is 13.7. The first-order valence-corrected chi connectivity index (χ1v) is 10.7. The monoisotopic (exact) mass is 489 g/mol. The number of benzene rings is 3. The van der Waals surface area contributed by atoms with Crippen LogP contribution in [0, 0.1) is 5.82 Å². The third-order valence-electron chi connectivity index (χ3n) is 5.21. The molecule has 4 rings (SSSR count). The van der Waals surface area contributed by atoms with E-state index in [1.54, 1.807) is 42.5 Å². The van der Waals surface area contributed by atoms with Crippen LogP contribution in [0.1, 0.15) is 21.5 Å². The van der Waals surface area contributed by atoms with Gasteiger partial charge in [-0.2, -0.15) is 0 Å². The molecule has 1 heterocycles. The summed E-state index contributed by atoms with van der Waals surface area (Å²) < 4.78 is 19.4. The first-order valence-electron chi connectivity index (χ1n) is 10.7. The lowest BCUT2D eigenvalue weighted by Gasteiger charge is -2.12. The summed E-state index contributed by atoms with van der Waals surface area (Å²) in [7, 11) is 0. The number of urea groups is 1. The molecule has 1 aliphatic rings. The van der Waals surface area contributed by atoms with Crippen LogP contribution in [0.25, 0.3) is 6.08 Å². The number of halogens is 1. The number of amides is 4. The van der Waals surface area contributed by atoms with E-state index in [2.05, 4.69) is 10.6 Å². The van der Waals surface area contributed by atoms with Crippen molar-refractivity contribution in [3.8, 4) is 5.75 Å². The van der Waals surface area contributed by atoms with Crippen molar-refractivity contribution in [3.05, 3.63) is 101 Å². The quantitative estimate of drug-likeness (QED) is 0.328. The Bertz CT molecular complexity index is 1350. The van der Waals surface area contributed by atoms with Gasteiger partial charge in [-0.15, -0.1) is 0 Å². The Hall–Kier alpha value is -4.99. The number of aromatic carboxylic acids is 1. The third-order valence-corrected chi connectivity index (χ3v) is 5.21. The van der Waals surface area contributed by atoms with Crippen LogP contribution in [-0.2, 0) is 16.2 Å². The lowest BCUT2D eigenvalue weighted by Crippen LogP contribution is -2.38. The number of imide groups is 1. The number of anilines is 1. The van der Waals surface area contributed by atoms with Gasteiger partial charge in [0.25, 0.3) is 5.91 Å². The lowest BCUT2D eigenvalue weighted by molar-refractivity contribution is -0.127. The van der Waals surface area contributed by atoms with E-state index in [0.717, 1.165) is 10.5 Å². The van der Waals surface area contributed by atoms with E-state index in [1.807, 2.05) is 0 Å². The number of carbonyl (C=O) groups is 4. The molecule has 0 bridgehead atoms. The van der Waals surface area contributed by atoms with Gasteiger partial charge in [-0.05, 0) is 53.6 Å². The van der Waals surface area contributed by atoms with E-state index >= 15 is 0 Å². The maximum atomic E-state index is 13.7. The standard InChI is InChI=1S/C26H20FN3O6/c27-20-3-1-2-4-21(20)28-23(31)14-30-24(32)22(29-26(30)35)13-16-7-11-19(12-8-16)36-15-17-5-9-18(10-6-17)25(33)34/h1-13H,14-15H2,(H,28,31)(H,29,35)(H,33,34)/b22-13+. The fourth-order valence-corrected chi connectivity index (χ4v) is 3.35. The molecule has 0 atom stereocenters. The average molecular weight is 489 g/mol. The first kappa shape index (κ1) is 24.1. The number of carboxylic acid groups (broad SMARTS) is 1. The van der Waals surface area contributed by atoms with E-state index in [-0.39, 0.29) is 23.6 Å². The van der Waals surface area contributed by atoms with E-state index in [0.29, 0.717) is 11.3 Å². The summed E-state index contributed by atoms with van der Waals surface area (Å²) in [5, 5.41) is 13.7. The van der Waals surface area contributed by atoms with Crippen LogP contribution >= 0.6 is 0 Å². The van der Waals surface area contributed by atoms with Crippen LogP contribution < -0.4 is 15.4 Å². The molecule has 1 saturated heterocycles. The second-order valence-corrected chi connectivity index (χ2v) is 7.77. The van der Waals surface area contributed by atoms with Gasteiger partial charge in [0.1, 0.15) is 30.4 Å². The van der Waals surface area contributed by atoms with Crippen molar-refractivity contribution in [3.63, 3.8) is 0 Å². The van der Waals surface area contributed by atoms with Gasteiger partial charge in [0.15, 0.2) is 0 Å². The number of nitrogens with one attached hydrogen (secondary N) is 2. The molecule has 0 unspecified atom stereocenters. The summed E-state index contributed by atoms with van der Waals surface area (Å²) in [6.45, 7) is -0.338. The molecule has 1 fully saturated rings. The molecule has 36 heavy (non-hydrogen) atoms. The molecule has 0 aliphatic carbocycles. The number of ether oxygens (including phenoxy) is 1. The normalized spacial score (nSPS) is 14.0. The number of hydrogen-bond donors (Lipinski definition) is 3. The highest BCUT2D eigenvalue weighted by Gasteiger charge is 2.35. The summed E-state index contributed by atoms with van der Waals surface area (Å²) in [6, 6.07) is 17.9. The largest absolute Gasteiger partial charge is 0.489 e. The Balaban J connectivity index is 1.34. The van der Waals surface area contributed by atoms with Gasteiger partial charge in [0.05, 0.1) is 11.3 Å². The molecular weight excluding hydrogens is 469 g/mol. The molecule has 4 amide bonds. The summed E-state index contributed by atoms with van der Waals surface area (Å²) in [6.07, 6.45) is 1.46. The molecule has 3 aromatic carbocycles. The van der Waals surface area contributed by atoms with Crippen molar-refractivity contribution in [1.29, 1.82) is 0 Å². The smallest absolute Gasteiger partial charge is 0.335 e. The van der Waals surface area contributed by atoms with Crippen LogP contribution in [-0.4, -0.2) is 40.4 Å². The fraction of sp³-hybridized carbons (Fsp3) is 0.0769. The maximum Gasteiger partial charge on any atom is 0.335 e. The molecule has 0 aromatic heterocycles.